The molecule has 5 rings (SSSR count). The fourth-order valence-electron chi connectivity index (χ4n) is 3.12. The lowest BCUT2D eigenvalue weighted by Crippen LogP contribution is -2.12. The van der Waals surface area contributed by atoms with Gasteiger partial charge in [0.15, 0.2) is 5.69 Å². The lowest BCUT2D eigenvalue weighted by atomic mass is 10.1. The molecule has 6 nitrogen and oxygen atoms in total. The van der Waals surface area contributed by atoms with Crippen molar-refractivity contribution in [1.82, 2.24) is 19.6 Å². The molecule has 0 fully saturated rings. The molecule has 0 aliphatic heterocycles. The minimum absolute atomic E-state index is 0.243. The minimum atomic E-state index is -0.243. The summed E-state index contributed by atoms with van der Waals surface area (Å²) in [7, 11) is 0. The molecule has 0 saturated heterocycles. The summed E-state index contributed by atoms with van der Waals surface area (Å²) in [5.41, 5.74) is 4.70. The van der Waals surface area contributed by atoms with Crippen LogP contribution < -0.4 is 5.32 Å². The number of para-hydroxylation sites is 1. The van der Waals surface area contributed by atoms with Crippen molar-refractivity contribution < 1.29 is 4.79 Å². The maximum Gasteiger partial charge on any atom is 0.276 e. The normalized spacial score (nSPS) is 11.1. The van der Waals surface area contributed by atoms with Crippen LogP contribution in [0.2, 0.25) is 0 Å². The second-order valence-electron chi connectivity index (χ2n) is 6.24. The second-order valence-corrected chi connectivity index (χ2v) is 6.24. The van der Waals surface area contributed by atoms with Crippen molar-refractivity contribution in [3.63, 3.8) is 0 Å². The highest BCUT2D eigenvalue weighted by Crippen LogP contribution is 2.22. The average Bonchev–Trinajstić information content (AvgIpc) is 3.33. The Kier molecular flexibility index (Phi) is 3.47. The molecule has 0 aliphatic carbocycles. The maximum atomic E-state index is 12.6. The Morgan fingerprint density at radius 2 is 1.78 bits per heavy atom. The summed E-state index contributed by atoms with van der Waals surface area (Å²) in [5.74, 6) is -0.243. The number of nitrogens with zero attached hydrogens (tertiary/aromatic N) is 3. The van der Waals surface area contributed by atoms with Crippen LogP contribution in [-0.4, -0.2) is 25.5 Å². The number of fused-ring (bicyclic) bond motifs is 2. The molecule has 0 aliphatic rings. The van der Waals surface area contributed by atoms with E-state index in [1.54, 1.807) is 0 Å². The molecule has 27 heavy (non-hydrogen) atoms. The number of aromatic nitrogens is 4. The standard InChI is InChI=1S/C21H15N5O/c27-21(20-16-5-1-2-6-17(16)24-25-20)22-15-10-8-14(9-11-15)18-13-26-12-4-3-7-19(26)23-18/h1-13H,(H,22,27)(H,24,25). The van der Waals surface area contributed by atoms with E-state index in [0.29, 0.717) is 11.4 Å². The first-order valence-electron chi connectivity index (χ1n) is 8.56. The molecule has 0 spiro atoms. The molecule has 6 heteroatoms. The number of H-pyrrole nitrogens is 1. The van der Waals surface area contributed by atoms with Crippen LogP contribution in [0.4, 0.5) is 5.69 Å². The fraction of sp³-hybridized carbons (Fsp3) is 0. The molecule has 5 aromatic rings. The monoisotopic (exact) mass is 353 g/mol. The molecule has 0 atom stereocenters. The lowest BCUT2D eigenvalue weighted by Gasteiger charge is -2.04. The fourth-order valence-corrected chi connectivity index (χ4v) is 3.12. The van der Waals surface area contributed by atoms with E-state index in [-0.39, 0.29) is 5.91 Å². The van der Waals surface area contributed by atoms with Crippen molar-refractivity contribution >= 4 is 28.1 Å². The third-order valence-corrected chi connectivity index (χ3v) is 4.49. The molecule has 0 unspecified atom stereocenters. The molecule has 0 saturated carbocycles. The van der Waals surface area contributed by atoms with E-state index in [1.807, 2.05) is 83.5 Å². The number of nitrogens with one attached hydrogen (secondary N) is 2. The summed E-state index contributed by atoms with van der Waals surface area (Å²) >= 11 is 0. The molecule has 3 heterocycles. The number of hydrogen-bond acceptors (Lipinski definition) is 3. The van der Waals surface area contributed by atoms with E-state index in [0.717, 1.165) is 27.8 Å². The second kappa shape index (κ2) is 6.10. The highest BCUT2D eigenvalue weighted by Gasteiger charge is 2.14. The summed E-state index contributed by atoms with van der Waals surface area (Å²) in [6.07, 6.45) is 3.95. The molecular formula is C21H15N5O. The molecule has 0 bridgehead atoms. The smallest absolute Gasteiger partial charge is 0.276 e. The van der Waals surface area contributed by atoms with Crippen molar-refractivity contribution in [3.8, 4) is 11.3 Å². The third kappa shape index (κ3) is 2.73. The van der Waals surface area contributed by atoms with Gasteiger partial charge in [-0.05, 0) is 30.3 Å². The number of aromatic amines is 1. The zero-order valence-corrected chi connectivity index (χ0v) is 14.3. The Labute approximate surface area is 154 Å². The van der Waals surface area contributed by atoms with E-state index < -0.39 is 0 Å². The molecule has 0 radical (unpaired) electrons. The Morgan fingerprint density at radius 1 is 0.963 bits per heavy atom. The van der Waals surface area contributed by atoms with E-state index in [4.69, 9.17) is 0 Å². The van der Waals surface area contributed by atoms with Gasteiger partial charge in [-0.1, -0.05) is 36.4 Å². The Hall–Kier alpha value is -3.93. The third-order valence-electron chi connectivity index (χ3n) is 4.49. The van der Waals surface area contributed by atoms with Crippen LogP contribution in [0.5, 0.6) is 0 Å². The lowest BCUT2D eigenvalue weighted by molar-refractivity contribution is 0.102. The van der Waals surface area contributed by atoms with Gasteiger partial charge in [0.25, 0.3) is 5.91 Å². The molecule has 2 N–H and O–H groups in total. The highest BCUT2D eigenvalue weighted by molar-refractivity contribution is 6.11. The van der Waals surface area contributed by atoms with Crippen molar-refractivity contribution in [2.75, 3.05) is 5.32 Å². The minimum Gasteiger partial charge on any atom is -0.321 e. The molecule has 130 valence electrons. The van der Waals surface area contributed by atoms with E-state index in [2.05, 4.69) is 20.5 Å². The van der Waals surface area contributed by atoms with Gasteiger partial charge in [0.05, 0.1) is 11.2 Å². The molecule has 1 amide bonds. The Bertz CT molecular complexity index is 1230. The Morgan fingerprint density at radius 3 is 2.63 bits per heavy atom. The maximum absolute atomic E-state index is 12.6. The van der Waals surface area contributed by atoms with Gasteiger partial charge in [0.2, 0.25) is 0 Å². The van der Waals surface area contributed by atoms with Crippen LogP contribution in [0.3, 0.4) is 0 Å². The van der Waals surface area contributed by atoms with Crippen molar-refractivity contribution in [2.45, 2.75) is 0 Å². The van der Waals surface area contributed by atoms with Gasteiger partial charge < -0.3 is 9.72 Å². The SMILES string of the molecule is O=C(Nc1ccc(-c2cn3ccccc3n2)cc1)c1n[nH]c2ccccc12. The van der Waals surface area contributed by atoms with Crippen LogP contribution >= 0.6 is 0 Å². The number of anilines is 1. The number of carbonyl (C=O) groups is 1. The topological polar surface area (TPSA) is 75.1 Å². The van der Waals surface area contributed by atoms with Crippen LogP contribution in [0.25, 0.3) is 27.8 Å². The first kappa shape index (κ1) is 15.3. The highest BCUT2D eigenvalue weighted by atomic mass is 16.1. The van der Waals surface area contributed by atoms with Crippen molar-refractivity contribution in [2.24, 2.45) is 0 Å². The van der Waals surface area contributed by atoms with Crippen LogP contribution in [0.1, 0.15) is 10.5 Å². The number of rotatable bonds is 3. The quantitative estimate of drug-likeness (QED) is 0.512. The van der Waals surface area contributed by atoms with E-state index in [9.17, 15) is 4.79 Å². The van der Waals surface area contributed by atoms with Gasteiger partial charge in [-0.2, -0.15) is 5.10 Å². The molecular weight excluding hydrogens is 338 g/mol. The van der Waals surface area contributed by atoms with Gasteiger partial charge in [-0.25, -0.2) is 4.98 Å². The summed E-state index contributed by atoms with van der Waals surface area (Å²) < 4.78 is 1.98. The number of hydrogen-bond donors (Lipinski definition) is 2. The zero-order valence-electron chi connectivity index (χ0n) is 14.3. The predicted octanol–water partition coefficient (Wildman–Crippen LogP) is 4.13. The Balaban J connectivity index is 1.39. The molecule has 3 aromatic heterocycles. The van der Waals surface area contributed by atoms with Crippen LogP contribution in [-0.2, 0) is 0 Å². The van der Waals surface area contributed by atoms with Gasteiger partial charge in [-0.15, -0.1) is 0 Å². The zero-order chi connectivity index (χ0) is 18.2. The molecule has 2 aromatic carbocycles. The van der Waals surface area contributed by atoms with Gasteiger partial charge in [0.1, 0.15) is 5.65 Å². The average molecular weight is 353 g/mol. The number of amides is 1. The number of carbonyl (C=O) groups excluding carboxylic acids is 1. The van der Waals surface area contributed by atoms with Gasteiger partial charge in [-0.3, -0.25) is 9.89 Å². The van der Waals surface area contributed by atoms with Crippen molar-refractivity contribution in [1.29, 1.82) is 0 Å². The van der Waals surface area contributed by atoms with Gasteiger partial charge >= 0.3 is 0 Å². The summed E-state index contributed by atoms with van der Waals surface area (Å²) in [4.78, 5) is 17.2. The first-order chi connectivity index (χ1) is 13.3. The summed E-state index contributed by atoms with van der Waals surface area (Å²) in [5, 5.41) is 10.7. The van der Waals surface area contributed by atoms with E-state index >= 15 is 0 Å². The van der Waals surface area contributed by atoms with Crippen LogP contribution in [0.15, 0.2) is 79.1 Å². The van der Waals surface area contributed by atoms with E-state index in [1.165, 1.54) is 0 Å². The summed E-state index contributed by atoms with van der Waals surface area (Å²) in [6, 6.07) is 21.1. The first-order valence-corrected chi connectivity index (χ1v) is 8.56. The largest absolute Gasteiger partial charge is 0.321 e. The van der Waals surface area contributed by atoms with Gasteiger partial charge in [0, 0.05) is 29.0 Å². The predicted molar refractivity (Wildman–Crippen MR) is 105 cm³/mol. The summed E-state index contributed by atoms with van der Waals surface area (Å²) in [6.45, 7) is 0. The van der Waals surface area contributed by atoms with Crippen LogP contribution in [0, 0.1) is 0 Å². The number of benzene rings is 2. The number of imidazole rings is 1. The number of pyridine rings is 1. The van der Waals surface area contributed by atoms with Crippen molar-refractivity contribution in [3.05, 3.63) is 84.8 Å².